The van der Waals surface area contributed by atoms with Crippen LogP contribution in [0.2, 0.25) is 0 Å². The van der Waals surface area contributed by atoms with Gasteiger partial charge in [0.15, 0.2) is 0 Å². The van der Waals surface area contributed by atoms with E-state index < -0.39 is 5.97 Å². The minimum atomic E-state index is -0.849. The van der Waals surface area contributed by atoms with Gasteiger partial charge in [0.05, 0.1) is 13.0 Å². The first-order valence-corrected chi connectivity index (χ1v) is 5.04. The van der Waals surface area contributed by atoms with Crippen LogP contribution in [0.3, 0.4) is 0 Å². The maximum absolute atomic E-state index is 10.8. The molecule has 0 atom stereocenters. The number of carboxylic acid groups (broad SMARTS) is 1. The second-order valence-electron chi connectivity index (χ2n) is 3.84. The number of hydrogen-bond donors (Lipinski definition) is 3. The van der Waals surface area contributed by atoms with Gasteiger partial charge in [-0.15, -0.1) is 0 Å². The van der Waals surface area contributed by atoms with Gasteiger partial charge >= 0.3 is 5.97 Å². The summed E-state index contributed by atoms with van der Waals surface area (Å²) in [6.07, 6.45) is 0.000710. The molecule has 0 unspecified atom stereocenters. The van der Waals surface area contributed by atoms with Gasteiger partial charge in [-0.1, -0.05) is 6.07 Å². The third kappa shape index (κ3) is 1.79. The first kappa shape index (κ1) is 10.7. The number of nitrogens with one attached hydrogen (secondary N) is 1. The van der Waals surface area contributed by atoms with Crippen LogP contribution >= 0.6 is 0 Å². The van der Waals surface area contributed by atoms with Crippen LogP contribution in [-0.2, 0) is 17.8 Å². The van der Waals surface area contributed by atoms with Gasteiger partial charge < -0.3 is 15.2 Å². The van der Waals surface area contributed by atoms with Crippen LogP contribution in [0, 0.1) is 6.92 Å². The molecule has 1 aromatic heterocycles. The Morgan fingerprint density at radius 3 is 2.81 bits per heavy atom. The molecule has 0 aliphatic carbocycles. The summed E-state index contributed by atoms with van der Waals surface area (Å²) in [5.74, 6) is -0.849. The lowest BCUT2D eigenvalue weighted by Crippen LogP contribution is -2.00. The van der Waals surface area contributed by atoms with Crippen LogP contribution in [-0.4, -0.2) is 21.2 Å². The van der Waals surface area contributed by atoms with Crippen molar-refractivity contribution >= 4 is 16.9 Å². The first-order chi connectivity index (χ1) is 7.61. The van der Waals surface area contributed by atoms with E-state index in [1.807, 2.05) is 25.1 Å². The van der Waals surface area contributed by atoms with Gasteiger partial charge in [0.1, 0.15) is 0 Å². The number of rotatable bonds is 3. The Labute approximate surface area is 92.5 Å². The van der Waals surface area contributed by atoms with E-state index >= 15 is 0 Å². The van der Waals surface area contributed by atoms with E-state index in [9.17, 15) is 4.79 Å². The molecule has 0 fully saturated rings. The zero-order valence-electron chi connectivity index (χ0n) is 8.95. The summed E-state index contributed by atoms with van der Waals surface area (Å²) in [5.41, 5.74) is 3.36. The van der Waals surface area contributed by atoms with Crippen molar-refractivity contribution in [2.45, 2.75) is 20.0 Å². The highest BCUT2D eigenvalue weighted by Gasteiger charge is 2.11. The molecule has 4 heteroatoms. The Kier molecular flexibility index (Phi) is 2.66. The van der Waals surface area contributed by atoms with Crippen molar-refractivity contribution in [1.29, 1.82) is 0 Å². The summed E-state index contributed by atoms with van der Waals surface area (Å²) in [6.45, 7) is 1.82. The number of aliphatic carboxylic acids is 1. The summed E-state index contributed by atoms with van der Waals surface area (Å²) >= 11 is 0. The number of aryl methyl sites for hydroxylation is 1. The molecule has 84 valence electrons. The molecule has 0 saturated carbocycles. The topological polar surface area (TPSA) is 73.3 Å². The van der Waals surface area contributed by atoms with E-state index in [2.05, 4.69) is 4.98 Å². The number of aliphatic hydroxyl groups excluding tert-OH is 1. The van der Waals surface area contributed by atoms with Crippen LogP contribution in [0.5, 0.6) is 0 Å². The number of aliphatic hydroxyl groups is 1. The third-order valence-electron chi connectivity index (χ3n) is 2.69. The Morgan fingerprint density at radius 2 is 2.19 bits per heavy atom. The van der Waals surface area contributed by atoms with E-state index in [-0.39, 0.29) is 13.0 Å². The molecule has 0 spiro atoms. The molecule has 1 aromatic carbocycles. The Hall–Kier alpha value is -1.81. The second kappa shape index (κ2) is 3.98. The van der Waals surface area contributed by atoms with Gasteiger partial charge in [-0.25, -0.2) is 0 Å². The third-order valence-corrected chi connectivity index (χ3v) is 2.69. The Balaban J connectivity index is 2.61. The van der Waals surface area contributed by atoms with Crippen LogP contribution in [0.25, 0.3) is 10.9 Å². The quantitative estimate of drug-likeness (QED) is 0.734. The summed E-state index contributed by atoms with van der Waals surface area (Å²) < 4.78 is 0. The molecule has 3 N–H and O–H groups in total. The average molecular weight is 219 g/mol. The van der Waals surface area contributed by atoms with Crippen molar-refractivity contribution in [3.05, 3.63) is 35.0 Å². The number of aromatic amines is 1. The number of hydrogen-bond acceptors (Lipinski definition) is 2. The largest absolute Gasteiger partial charge is 0.481 e. The average Bonchev–Trinajstić information content (AvgIpc) is 2.54. The fourth-order valence-corrected chi connectivity index (χ4v) is 1.91. The van der Waals surface area contributed by atoms with Gasteiger partial charge in [-0.2, -0.15) is 0 Å². The molecule has 4 nitrogen and oxygen atoms in total. The highest BCUT2D eigenvalue weighted by atomic mass is 16.4. The Bertz CT molecular complexity index is 542. The van der Waals surface area contributed by atoms with E-state index in [0.717, 1.165) is 27.7 Å². The maximum atomic E-state index is 10.8. The van der Waals surface area contributed by atoms with Gasteiger partial charge in [-0.05, 0) is 30.2 Å². The molecule has 0 aliphatic rings. The van der Waals surface area contributed by atoms with Crippen LogP contribution < -0.4 is 0 Å². The minimum absolute atomic E-state index is 0.000710. The number of H-pyrrole nitrogens is 1. The van der Waals surface area contributed by atoms with Crippen molar-refractivity contribution in [1.82, 2.24) is 4.98 Å². The molecular formula is C12H13NO3. The molecule has 0 aliphatic heterocycles. The number of fused-ring (bicyclic) bond motifs is 1. The van der Waals surface area contributed by atoms with E-state index in [0.29, 0.717) is 0 Å². The maximum Gasteiger partial charge on any atom is 0.307 e. The van der Waals surface area contributed by atoms with Crippen molar-refractivity contribution in [2.75, 3.05) is 0 Å². The van der Waals surface area contributed by atoms with E-state index in [1.54, 1.807) is 0 Å². The van der Waals surface area contributed by atoms with Gasteiger partial charge in [-0.3, -0.25) is 4.79 Å². The monoisotopic (exact) mass is 219 g/mol. The van der Waals surface area contributed by atoms with Crippen molar-refractivity contribution in [3.8, 4) is 0 Å². The summed E-state index contributed by atoms with van der Waals surface area (Å²) in [5, 5.41) is 18.8. The predicted molar refractivity (Wildman–Crippen MR) is 60.3 cm³/mol. The predicted octanol–water partition coefficient (Wildman–Crippen LogP) is 1.60. The van der Waals surface area contributed by atoms with Crippen molar-refractivity contribution in [3.63, 3.8) is 0 Å². The highest BCUT2D eigenvalue weighted by molar-refractivity contribution is 5.88. The molecule has 0 amide bonds. The minimum Gasteiger partial charge on any atom is -0.481 e. The number of benzene rings is 1. The normalized spacial score (nSPS) is 10.9. The van der Waals surface area contributed by atoms with E-state index in [1.165, 1.54) is 0 Å². The zero-order valence-corrected chi connectivity index (χ0v) is 8.95. The standard InChI is InChI=1S/C12H13NO3/c1-7-9(5-12(15)16)10-4-8(6-14)2-3-11(10)13-7/h2-4,13-14H,5-6H2,1H3,(H,15,16). The summed E-state index contributed by atoms with van der Waals surface area (Å²) in [7, 11) is 0. The smallest absolute Gasteiger partial charge is 0.307 e. The van der Waals surface area contributed by atoms with Crippen LogP contribution in [0.1, 0.15) is 16.8 Å². The van der Waals surface area contributed by atoms with Crippen molar-refractivity contribution in [2.24, 2.45) is 0 Å². The number of carboxylic acids is 1. The molecule has 2 aromatic rings. The molecular weight excluding hydrogens is 206 g/mol. The molecule has 1 heterocycles. The van der Waals surface area contributed by atoms with E-state index in [4.69, 9.17) is 10.2 Å². The lowest BCUT2D eigenvalue weighted by atomic mass is 10.1. The molecule has 2 rings (SSSR count). The lowest BCUT2D eigenvalue weighted by molar-refractivity contribution is -0.136. The zero-order chi connectivity index (χ0) is 11.7. The van der Waals surface area contributed by atoms with Crippen LogP contribution in [0.4, 0.5) is 0 Å². The van der Waals surface area contributed by atoms with Crippen LogP contribution in [0.15, 0.2) is 18.2 Å². The molecule has 0 saturated heterocycles. The number of carbonyl (C=O) groups is 1. The second-order valence-corrected chi connectivity index (χ2v) is 3.84. The summed E-state index contributed by atoms with van der Waals surface area (Å²) in [6, 6.07) is 5.51. The summed E-state index contributed by atoms with van der Waals surface area (Å²) in [4.78, 5) is 13.9. The van der Waals surface area contributed by atoms with Gasteiger partial charge in [0.2, 0.25) is 0 Å². The fraction of sp³-hybridized carbons (Fsp3) is 0.250. The molecule has 16 heavy (non-hydrogen) atoms. The Morgan fingerprint density at radius 1 is 1.44 bits per heavy atom. The highest BCUT2D eigenvalue weighted by Crippen LogP contribution is 2.23. The fourth-order valence-electron chi connectivity index (χ4n) is 1.91. The van der Waals surface area contributed by atoms with Gasteiger partial charge in [0, 0.05) is 16.6 Å². The lowest BCUT2D eigenvalue weighted by Gasteiger charge is -1.99. The number of aromatic nitrogens is 1. The molecule has 0 radical (unpaired) electrons. The van der Waals surface area contributed by atoms with Gasteiger partial charge in [0.25, 0.3) is 0 Å². The van der Waals surface area contributed by atoms with Crippen molar-refractivity contribution < 1.29 is 15.0 Å². The molecule has 0 bridgehead atoms. The first-order valence-electron chi connectivity index (χ1n) is 5.04. The SMILES string of the molecule is Cc1[nH]c2ccc(CO)cc2c1CC(=O)O.